The summed E-state index contributed by atoms with van der Waals surface area (Å²) in [5, 5.41) is 48.6. The summed E-state index contributed by atoms with van der Waals surface area (Å²) in [6, 6.07) is 90.0. The summed E-state index contributed by atoms with van der Waals surface area (Å²) in [6.07, 6.45) is 0. The second-order valence-corrected chi connectivity index (χ2v) is 33.3. The monoisotopic (exact) mass is 1080 g/mol. The highest BCUT2D eigenvalue weighted by molar-refractivity contribution is 6.89. The van der Waals surface area contributed by atoms with Gasteiger partial charge in [-0.3, -0.25) is 0 Å². The minimum atomic E-state index is -1.67. The summed E-state index contributed by atoms with van der Waals surface area (Å²) in [5.41, 5.74) is 16.3. The largest absolute Gasteiger partial charge is 0.310 e. The summed E-state index contributed by atoms with van der Waals surface area (Å²) in [4.78, 5) is 4.79. The summed E-state index contributed by atoms with van der Waals surface area (Å²) < 4.78 is 0. The molecule has 0 radical (unpaired) electrons. The van der Waals surface area contributed by atoms with Crippen LogP contribution in [-0.2, 0) is 0 Å². The topological polar surface area (TPSA) is 102 Å². The smallest absolute Gasteiger partial charge is 0.0991 e. The summed E-state index contributed by atoms with van der Waals surface area (Å²) >= 11 is 0. The van der Waals surface area contributed by atoms with E-state index in [1.165, 1.54) is 10.4 Å². The second-order valence-electron chi connectivity index (χ2n) is 23.2. The molecule has 0 aliphatic heterocycles. The molecule has 0 aliphatic carbocycles. The molecule has 0 N–H and O–H groups in total. The Kier molecular flexibility index (Phi) is 13.4. The molecular weight excluding hydrogens is 1030 g/mol. The molecule has 12 aromatic rings. The standard InChI is InChI=1S/C74H56N6Si2/c1-81(2,3)67-31-27-63(28-32-67)79(65-41-59(53-15-7-49(45-75)8-16-53)39-60(42-65)54-17-9-50(46-76)10-18-54)71-37-25-57-24-36-70-72(38-26-58-23-35-69(71)73(57)74(58)70)80(64-29-33-68(34-30-64)82(4,5)6)66-43-61(55-19-11-51(47-77)12-20-55)40-62(44-66)56-21-13-52(48-78)14-22-56/h7-44H,1-6H3. The lowest BCUT2D eigenvalue weighted by Gasteiger charge is -2.31. The maximum absolute atomic E-state index is 9.77. The van der Waals surface area contributed by atoms with Crippen molar-refractivity contribution in [3.05, 3.63) is 253 Å². The van der Waals surface area contributed by atoms with Crippen molar-refractivity contribution in [1.82, 2.24) is 0 Å². The Bertz CT molecular complexity index is 4140. The van der Waals surface area contributed by atoms with Crippen LogP contribution in [-0.4, -0.2) is 16.1 Å². The van der Waals surface area contributed by atoms with E-state index in [2.05, 4.69) is 207 Å². The third kappa shape index (κ3) is 9.96. The molecule has 0 amide bonds. The Morgan fingerprint density at radius 3 is 0.793 bits per heavy atom. The zero-order chi connectivity index (χ0) is 56.9. The SMILES string of the molecule is C[Si](C)(C)c1ccc(N(c2cc(-c3ccc(C#N)cc3)cc(-c3ccc(C#N)cc3)c2)c2ccc3ccc4c(N(c5ccc([Si](C)(C)C)cc5)c5cc(-c6ccc(C#N)cc6)cc(-c6ccc(C#N)cc6)c5)ccc5ccc2c3c54)cc1. The van der Waals surface area contributed by atoms with Crippen LogP contribution < -0.4 is 20.2 Å². The Balaban J connectivity index is 1.11. The van der Waals surface area contributed by atoms with Gasteiger partial charge in [0.05, 0.1) is 74.1 Å². The van der Waals surface area contributed by atoms with Gasteiger partial charge in [-0.2, -0.15) is 21.0 Å². The van der Waals surface area contributed by atoms with Crippen LogP contribution in [0.1, 0.15) is 22.3 Å². The Morgan fingerprint density at radius 1 is 0.268 bits per heavy atom. The summed E-state index contributed by atoms with van der Waals surface area (Å²) in [5.74, 6) is 0. The minimum absolute atomic E-state index is 0.598. The van der Waals surface area contributed by atoms with Gasteiger partial charge in [-0.25, -0.2) is 0 Å². The van der Waals surface area contributed by atoms with Crippen molar-refractivity contribution in [2.45, 2.75) is 39.3 Å². The Hall–Kier alpha value is -10.3. The van der Waals surface area contributed by atoms with E-state index in [1.54, 1.807) is 0 Å². The van der Waals surface area contributed by atoms with E-state index in [1.807, 2.05) is 97.1 Å². The summed E-state index contributed by atoms with van der Waals surface area (Å²) in [6.45, 7) is 14.3. The lowest BCUT2D eigenvalue weighted by Crippen LogP contribution is -2.37. The maximum atomic E-state index is 9.77. The predicted molar refractivity (Wildman–Crippen MR) is 346 cm³/mol. The quantitative estimate of drug-likeness (QED) is 0.0892. The van der Waals surface area contributed by atoms with Crippen LogP contribution in [0.4, 0.5) is 34.1 Å². The van der Waals surface area contributed by atoms with Gasteiger partial charge in [0.1, 0.15) is 0 Å². The molecule has 0 unspecified atom stereocenters. The number of hydrogen-bond donors (Lipinski definition) is 0. The third-order valence-electron chi connectivity index (χ3n) is 15.8. The first-order valence-electron chi connectivity index (χ1n) is 27.5. The lowest BCUT2D eigenvalue weighted by atomic mass is 9.91. The maximum Gasteiger partial charge on any atom is 0.0991 e. The molecule has 0 fully saturated rings. The molecule has 390 valence electrons. The van der Waals surface area contributed by atoms with E-state index in [9.17, 15) is 21.0 Å². The van der Waals surface area contributed by atoms with Crippen LogP contribution in [0.3, 0.4) is 0 Å². The Labute approximate surface area is 481 Å². The van der Waals surface area contributed by atoms with Crippen molar-refractivity contribution in [2.24, 2.45) is 0 Å². The molecule has 12 aromatic carbocycles. The van der Waals surface area contributed by atoms with Crippen LogP contribution in [0.2, 0.25) is 39.3 Å². The average molecular weight is 1090 g/mol. The van der Waals surface area contributed by atoms with Gasteiger partial charge in [0.25, 0.3) is 0 Å². The van der Waals surface area contributed by atoms with Crippen LogP contribution >= 0.6 is 0 Å². The molecule has 6 nitrogen and oxygen atoms in total. The lowest BCUT2D eigenvalue weighted by molar-refractivity contribution is 1.30. The van der Waals surface area contributed by atoms with Gasteiger partial charge in [0.2, 0.25) is 0 Å². The van der Waals surface area contributed by atoms with Gasteiger partial charge in [0.15, 0.2) is 0 Å². The molecule has 0 saturated carbocycles. The van der Waals surface area contributed by atoms with Crippen molar-refractivity contribution >= 4 is 93.0 Å². The van der Waals surface area contributed by atoms with Gasteiger partial charge in [-0.05, 0) is 187 Å². The highest BCUT2D eigenvalue weighted by Gasteiger charge is 2.26. The number of nitriles is 4. The molecule has 8 heteroatoms. The number of anilines is 6. The first-order chi connectivity index (χ1) is 39.7. The van der Waals surface area contributed by atoms with Crippen LogP contribution in [0.25, 0.3) is 76.8 Å². The second kappa shape index (κ2) is 21.0. The van der Waals surface area contributed by atoms with E-state index >= 15 is 0 Å². The Morgan fingerprint density at radius 2 is 0.537 bits per heavy atom. The molecular formula is C74H56N6Si2. The fourth-order valence-electron chi connectivity index (χ4n) is 11.3. The number of benzene rings is 12. The van der Waals surface area contributed by atoms with E-state index in [-0.39, 0.29) is 0 Å². The fraction of sp³-hybridized carbons (Fsp3) is 0.0811. The van der Waals surface area contributed by atoms with Gasteiger partial charge in [-0.15, -0.1) is 0 Å². The molecule has 82 heavy (non-hydrogen) atoms. The van der Waals surface area contributed by atoms with Crippen molar-refractivity contribution in [3.63, 3.8) is 0 Å². The molecule has 0 heterocycles. The van der Waals surface area contributed by atoms with E-state index < -0.39 is 16.1 Å². The van der Waals surface area contributed by atoms with Gasteiger partial charge in [0, 0.05) is 33.5 Å². The zero-order valence-electron chi connectivity index (χ0n) is 46.6. The van der Waals surface area contributed by atoms with Crippen LogP contribution in [0.5, 0.6) is 0 Å². The van der Waals surface area contributed by atoms with Crippen molar-refractivity contribution in [1.29, 1.82) is 21.0 Å². The number of nitrogens with zero attached hydrogens (tertiary/aromatic N) is 6. The molecule has 12 rings (SSSR count). The van der Waals surface area contributed by atoms with Gasteiger partial charge < -0.3 is 9.80 Å². The van der Waals surface area contributed by atoms with Crippen molar-refractivity contribution in [3.8, 4) is 68.8 Å². The molecule has 0 spiro atoms. The normalized spacial score (nSPS) is 11.5. The van der Waals surface area contributed by atoms with Crippen molar-refractivity contribution < 1.29 is 0 Å². The molecule has 0 saturated heterocycles. The van der Waals surface area contributed by atoms with E-state index in [0.29, 0.717) is 22.3 Å². The minimum Gasteiger partial charge on any atom is -0.310 e. The van der Waals surface area contributed by atoms with Gasteiger partial charge in [-0.1, -0.05) is 159 Å². The zero-order valence-corrected chi connectivity index (χ0v) is 48.6. The van der Waals surface area contributed by atoms with Crippen LogP contribution in [0, 0.1) is 45.3 Å². The molecule has 0 atom stereocenters. The number of rotatable bonds is 12. The summed E-state index contributed by atoms with van der Waals surface area (Å²) in [7, 11) is -3.34. The predicted octanol–water partition coefficient (Wildman–Crippen LogP) is 18.8. The number of hydrogen-bond acceptors (Lipinski definition) is 6. The highest BCUT2D eigenvalue weighted by Crippen LogP contribution is 2.49. The first kappa shape index (κ1) is 52.4. The molecule has 0 bridgehead atoms. The molecule has 0 aliphatic rings. The average Bonchev–Trinajstić information content (AvgIpc) is 1.44. The third-order valence-corrected chi connectivity index (χ3v) is 20.0. The first-order valence-corrected chi connectivity index (χ1v) is 34.5. The fourth-order valence-corrected chi connectivity index (χ4v) is 13.7. The van der Waals surface area contributed by atoms with Crippen molar-refractivity contribution in [2.75, 3.05) is 9.80 Å². The molecule has 0 aromatic heterocycles. The highest BCUT2D eigenvalue weighted by atomic mass is 28.3. The van der Waals surface area contributed by atoms with Gasteiger partial charge >= 0.3 is 0 Å². The van der Waals surface area contributed by atoms with E-state index in [0.717, 1.165) is 111 Å². The van der Waals surface area contributed by atoms with Crippen LogP contribution in [0.15, 0.2) is 231 Å². The van der Waals surface area contributed by atoms with E-state index in [4.69, 9.17) is 0 Å².